The van der Waals surface area contributed by atoms with E-state index in [-0.39, 0.29) is 18.5 Å². The van der Waals surface area contributed by atoms with Crippen LogP contribution in [0.3, 0.4) is 0 Å². The van der Waals surface area contributed by atoms with Crippen LogP contribution in [0.5, 0.6) is 0 Å². The van der Waals surface area contributed by atoms with Crippen LogP contribution in [-0.2, 0) is 11.3 Å². The van der Waals surface area contributed by atoms with Crippen molar-refractivity contribution in [2.75, 3.05) is 26.2 Å². The van der Waals surface area contributed by atoms with E-state index in [1.807, 2.05) is 6.20 Å². The van der Waals surface area contributed by atoms with E-state index in [9.17, 15) is 0 Å². The van der Waals surface area contributed by atoms with Gasteiger partial charge in [0.05, 0.1) is 18.4 Å². The molecule has 1 aliphatic heterocycles. The van der Waals surface area contributed by atoms with Crippen LogP contribution >= 0.6 is 12.4 Å². The summed E-state index contributed by atoms with van der Waals surface area (Å²) in [5.41, 5.74) is 7.93. The molecule has 1 fully saturated rings. The van der Waals surface area contributed by atoms with Gasteiger partial charge in [-0.1, -0.05) is 6.07 Å². The summed E-state index contributed by atoms with van der Waals surface area (Å²) in [6, 6.07) is 4.19. The predicted octanol–water partition coefficient (Wildman–Crippen LogP) is 0.971. The number of pyridine rings is 1. The first-order valence-electron chi connectivity index (χ1n) is 5.73. The lowest BCUT2D eigenvalue weighted by Gasteiger charge is -2.31. The molecule has 1 saturated heterocycles. The minimum Gasteiger partial charge on any atom is -0.374 e. The van der Waals surface area contributed by atoms with E-state index in [2.05, 4.69) is 28.9 Å². The first kappa shape index (κ1) is 14.4. The fourth-order valence-corrected chi connectivity index (χ4v) is 1.89. The van der Waals surface area contributed by atoms with E-state index in [1.54, 1.807) is 0 Å². The van der Waals surface area contributed by atoms with Crippen molar-refractivity contribution in [2.45, 2.75) is 19.6 Å². The number of hydrogen-bond donors (Lipinski definition) is 1. The zero-order valence-electron chi connectivity index (χ0n) is 10.1. The zero-order valence-corrected chi connectivity index (χ0v) is 10.9. The molecule has 1 aliphatic rings. The third kappa shape index (κ3) is 4.24. The van der Waals surface area contributed by atoms with Crippen LogP contribution < -0.4 is 5.73 Å². The Morgan fingerprint density at radius 3 is 3.00 bits per heavy atom. The van der Waals surface area contributed by atoms with E-state index in [0.29, 0.717) is 6.54 Å². The monoisotopic (exact) mass is 257 g/mol. The summed E-state index contributed by atoms with van der Waals surface area (Å²) >= 11 is 0. The molecular weight excluding hydrogens is 238 g/mol. The van der Waals surface area contributed by atoms with Crippen molar-refractivity contribution in [2.24, 2.45) is 5.73 Å². The molecule has 96 valence electrons. The van der Waals surface area contributed by atoms with Crippen molar-refractivity contribution in [1.29, 1.82) is 0 Å². The van der Waals surface area contributed by atoms with E-state index in [4.69, 9.17) is 10.5 Å². The van der Waals surface area contributed by atoms with Crippen molar-refractivity contribution in [3.8, 4) is 0 Å². The van der Waals surface area contributed by atoms with Crippen molar-refractivity contribution < 1.29 is 4.74 Å². The van der Waals surface area contributed by atoms with Gasteiger partial charge < -0.3 is 10.5 Å². The van der Waals surface area contributed by atoms with Crippen LogP contribution in [0.25, 0.3) is 0 Å². The van der Waals surface area contributed by atoms with E-state index >= 15 is 0 Å². The molecule has 1 unspecified atom stereocenters. The highest BCUT2D eigenvalue weighted by Gasteiger charge is 2.19. The first-order valence-corrected chi connectivity index (χ1v) is 5.73. The Morgan fingerprint density at radius 2 is 2.35 bits per heavy atom. The smallest absolute Gasteiger partial charge is 0.0824 e. The molecule has 5 heteroatoms. The summed E-state index contributed by atoms with van der Waals surface area (Å²) in [4.78, 5) is 6.76. The van der Waals surface area contributed by atoms with Crippen molar-refractivity contribution >= 4 is 12.4 Å². The molecule has 0 spiro atoms. The third-order valence-electron chi connectivity index (χ3n) is 2.84. The average molecular weight is 258 g/mol. The second-order valence-corrected chi connectivity index (χ2v) is 4.29. The number of aromatic nitrogens is 1. The van der Waals surface area contributed by atoms with Crippen LogP contribution in [0.4, 0.5) is 0 Å². The van der Waals surface area contributed by atoms with Gasteiger partial charge in [-0.05, 0) is 18.6 Å². The molecule has 1 atom stereocenters. The van der Waals surface area contributed by atoms with Gasteiger partial charge in [0, 0.05) is 32.4 Å². The Bertz CT molecular complexity index is 331. The van der Waals surface area contributed by atoms with Gasteiger partial charge in [0.15, 0.2) is 0 Å². The Balaban J connectivity index is 0.00000144. The lowest BCUT2D eigenvalue weighted by Crippen LogP contribution is -2.45. The molecule has 17 heavy (non-hydrogen) atoms. The molecule has 4 nitrogen and oxygen atoms in total. The van der Waals surface area contributed by atoms with Crippen LogP contribution in [0.1, 0.15) is 11.3 Å². The SMILES string of the molecule is Cc1ccc(CN2CCOC(CN)C2)nc1.Cl. The number of halogens is 1. The van der Waals surface area contributed by atoms with Crippen molar-refractivity contribution in [3.63, 3.8) is 0 Å². The van der Waals surface area contributed by atoms with Gasteiger partial charge in [0.1, 0.15) is 0 Å². The quantitative estimate of drug-likeness (QED) is 0.877. The maximum atomic E-state index is 5.61. The topological polar surface area (TPSA) is 51.4 Å². The van der Waals surface area contributed by atoms with Gasteiger partial charge in [0.25, 0.3) is 0 Å². The minimum absolute atomic E-state index is 0. The minimum atomic E-state index is 0. The Hall–Kier alpha value is -0.680. The Morgan fingerprint density at radius 1 is 1.53 bits per heavy atom. The van der Waals surface area contributed by atoms with Crippen molar-refractivity contribution in [3.05, 3.63) is 29.6 Å². The number of nitrogens with zero attached hydrogens (tertiary/aromatic N) is 2. The van der Waals surface area contributed by atoms with Gasteiger partial charge >= 0.3 is 0 Å². The van der Waals surface area contributed by atoms with Crippen LogP contribution in [0, 0.1) is 6.92 Å². The molecule has 0 bridgehead atoms. The maximum Gasteiger partial charge on any atom is 0.0824 e. The molecule has 0 radical (unpaired) electrons. The summed E-state index contributed by atoms with van der Waals surface area (Å²) in [5.74, 6) is 0. The van der Waals surface area contributed by atoms with Gasteiger partial charge in [-0.2, -0.15) is 0 Å². The molecule has 0 saturated carbocycles. The molecule has 0 amide bonds. The number of aryl methyl sites for hydroxylation is 1. The highest BCUT2D eigenvalue weighted by Crippen LogP contribution is 2.08. The molecule has 0 aliphatic carbocycles. The largest absolute Gasteiger partial charge is 0.374 e. The standard InChI is InChI=1S/C12H19N3O.ClH/c1-10-2-3-11(14-7-10)8-15-4-5-16-12(6-13)9-15;/h2-3,7,12H,4-6,8-9,13H2,1H3;1H. The molecule has 1 aromatic heterocycles. The molecule has 2 N–H and O–H groups in total. The highest BCUT2D eigenvalue weighted by atomic mass is 35.5. The van der Waals surface area contributed by atoms with E-state index < -0.39 is 0 Å². The Kier molecular flexibility index (Phi) is 5.85. The lowest BCUT2D eigenvalue weighted by atomic mass is 10.2. The maximum absolute atomic E-state index is 5.61. The fraction of sp³-hybridized carbons (Fsp3) is 0.583. The molecular formula is C12H20ClN3O. The second kappa shape index (κ2) is 6.91. The number of rotatable bonds is 3. The number of nitrogens with two attached hydrogens (primary N) is 1. The van der Waals surface area contributed by atoms with Gasteiger partial charge in [-0.25, -0.2) is 0 Å². The van der Waals surface area contributed by atoms with E-state index in [0.717, 1.165) is 31.9 Å². The van der Waals surface area contributed by atoms with E-state index in [1.165, 1.54) is 5.56 Å². The van der Waals surface area contributed by atoms with Gasteiger partial charge in [-0.15, -0.1) is 12.4 Å². The fourth-order valence-electron chi connectivity index (χ4n) is 1.89. The molecule has 2 heterocycles. The second-order valence-electron chi connectivity index (χ2n) is 4.29. The lowest BCUT2D eigenvalue weighted by molar-refractivity contribution is -0.0264. The highest BCUT2D eigenvalue weighted by molar-refractivity contribution is 5.85. The number of morpholine rings is 1. The average Bonchev–Trinajstić information content (AvgIpc) is 2.32. The summed E-state index contributed by atoms with van der Waals surface area (Å²) in [5, 5.41) is 0. The summed E-state index contributed by atoms with van der Waals surface area (Å²) in [7, 11) is 0. The summed E-state index contributed by atoms with van der Waals surface area (Å²) < 4.78 is 5.53. The van der Waals surface area contributed by atoms with Gasteiger partial charge in [-0.3, -0.25) is 9.88 Å². The molecule has 2 rings (SSSR count). The Labute approximate surface area is 109 Å². The normalized spacial score (nSPS) is 20.9. The number of ether oxygens (including phenoxy) is 1. The molecule has 0 aromatic carbocycles. The summed E-state index contributed by atoms with van der Waals surface area (Å²) in [6.45, 7) is 6.18. The molecule has 1 aromatic rings. The summed E-state index contributed by atoms with van der Waals surface area (Å²) in [6.07, 6.45) is 2.09. The van der Waals surface area contributed by atoms with Crippen molar-refractivity contribution in [1.82, 2.24) is 9.88 Å². The first-order chi connectivity index (χ1) is 7.78. The number of hydrogen-bond acceptors (Lipinski definition) is 4. The van der Waals surface area contributed by atoms with Gasteiger partial charge in [0.2, 0.25) is 0 Å². The van der Waals surface area contributed by atoms with Crippen LogP contribution in [-0.4, -0.2) is 42.2 Å². The van der Waals surface area contributed by atoms with Crippen LogP contribution in [0.15, 0.2) is 18.3 Å². The predicted molar refractivity (Wildman–Crippen MR) is 70.3 cm³/mol. The zero-order chi connectivity index (χ0) is 11.4. The van der Waals surface area contributed by atoms with Crippen LogP contribution in [0.2, 0.25) is 0 Å². The third-order valence-corrected chi connectivity index (χ3v) is 2.84.